The number of hydrogen-bond acceptors (Lipinski definition) is 2. The van der Waals surface area contributed by atoms with Crippen LogP contribution in [0, 0.1) is 0 Å². The summed E-state index contributed by atoms with van der Waals surface area (Å²) in [7, 11) is 0. The van der Waals surface area contributed by atoms with Gasteiger partial charge in [-0.3, -0.25) is 9.59 Å². The Morgan fingerprint density at radius 3 is 2.26 bits per heavy atom. The third-order valence-corrected chi connectivity index (χ3v) is 3.01. The lowest BCUT2D eigenvalue weighted by atomic mass is 10.1. The molecule has 19 heavy (non-hydrogen) atoms. The van der Waals surface area contributed by atoms with Crippen LogP contribution in [-0.2, 0) is 11.2 Å². The molecule has 0 spiro atoms. The van der Waals surface area contributed by atoms with Crippen LogP contribution in [0.3, 0.4) is 0 Å². The number of rotatable bonds is 7. The van der Waals surface area contributed by atoms with Crippen LogP contribution in [0.15, 0.2) is 24.3 Å². The number of aryl methyl sites for hydroxylation is 1. The number of hydrogen-bond donors (Lipinski definition) is 1. The van der Waals surface area contributed by atoms with Gasteiger partial charge in [-0.2, -0.15) is 0 Å². The monoisotopic (exact) mass is 263 g/mol. The van der Waals surface area contributed by atoms with Gasteiger partial charge in [0.25, 0.3) is 5.91 Å². The number of amides is 1. The summed E-state index contributed by atoms with van der Waals surface area (Å²) in [6, 6.07) is 7.44. The highest BCUT2D eigenvalue weighted by molar-refractivity contribution is 5.95. The number of carbonyl (C=O) groups is 2. The van der Waals surface area contributed by atoms with Gasteiger partial charge in [-0.25, -0.2) is 0 Å². The van der Waals surface area contributed by atoms with Crippen LogP contribution < -0.4 is 0 Å². The Morgan fingerprint density at radius 1 is 1.16 bits per heavy atom. The van der Waals surface area contributed by atoms with E-state index in [1.165, 1.54) is 10.5 Å². The average Bonchev–Trinajstić information content (AvgIpc) is 2.42. The first-order valence-electron chi connectivity index (χ1n) is 6.68. The molecule has 1 amide bonds. The Morgan fingerprint density at radius 2 is 1.79 bits per heavy atom. The molecule has 1 rings (SSSR count). The molecule has 4 nitrogen and oxygen atoms in total. The fourth-order valence-electron chi connectivity index (χ4n) is 1.87. The molecule has 0 aromatic heterocycles. The number of carboxylic acid groups (broad SMARTS) is 1. The second-order valence-corrected chi connectivity index (χ2v) is 4.51. The Hall–Kier alpha value is -1.84. The quantitative estimate of drug-likeness (QED) is 0.822. The molecule has 0 unspecified atom stereocenters. The van der Waals surface area contributed by atoms with Crippen molar-refractivity contribution in [3.8, 4) is 0 Å². The Labute approximate surface area is 114 Å². The van der Waals surface area contributed by atoms with E-state index in [1.54, 1.807) is 19.1 Å². The number of nitrogens with zero attached hydrogens (tertiary/aromatic N) is 1. The molecule has 4 heteroatoms. The molecule has 1 N–H and O–H groups in total. The van der Waals surface area contributed by atoms with Crippen molar-refractivity contribution in [1.82, 2.24) is 4.90 Å². The molecule has 0 fully saturated rings. The first-order valence-corrected chi connectivity index (χ1v) is 6.68. The first-order chi connectivity index (χ1) is 9.08. The normalized spacial score (nSPS) is 10.2. The Balaban J connectivity index is 2.73. The fourth-order valence-corrected chi connectivity index (χ4v) is 1.87. The van der Waals surface area contributed by atoms with Crippen molar-refractivity contribution in [2.75, 3.05) is 13.1 Å². The minimum atomic E-state index is -0.991. The second kappa shape index (κ2) is 7.56. The van der Waals surface area contributed by atoms with Gasteiger partial charge >= 0.3 is 5.97 Å². The van der Waals surface area contributed by atoms with Gasteiger partial charge in [0.15, 0.2) is 0 Å². The SMILES string of the molecule is CCCCc1ccc(C(=O)N(CC)CC(=O)O)cc1. The molecule has 0 saturated heterocycles. The molecule has 0 saturated carbocycles. The van der Waals surface area contributed by atoms with E-state index in [4.69, 9.17) is 5.11 Å². The number of unbranched alkanes of at least 4 members (excludes halogenated alkanes) is 1. The molecule has 1 aromatic carbocycles. The van der Waals surface area contributed by atoms with Gasteiger partial charge in [0.05, 0.1) is 0 Å². The highest BCUT2D eigenvalue weighted by Crippen LogP contribution is 2.10. The molecule has 1 aromatic rings. The van der Waals surface area contributed by atoms with Crippen LogP contribution in [0.1, 0.15) is 42.6 Å². The number of likely N-dealkylation sites (N-methyl/N-ethyl adjacent to an activating group) is 1. The average molecular weight is 263 g/mol. The van der Waals surface area contributed by atoms with E-state index in [0.717, 1.165) is 19.3 Å². The lowest BCUT2D eigenvalue weighted by molar-refractivity contribution is -0.137. The standard InChI is InChI=1S/C15H21NO3/c1-3-5-6-12-7-9-13(10-8-12)15(19)16(4-2)11-14(17)18/h7-10H,3-6,11H2,1-2H3,(H,17,18). The Bertz CT molecular complexity index is 426. The van der Waals surface area contributed by atoms with Crippen LogP contribution in [0.5, 0.6) is 0 Å². The van der Waals surface area contributed by atoms with E-state index in [9.17, 15) is 9.59 Å². The molecule has 0 heterocycles. The molecule has 0 aliphatic rings. The number of carboxylic acids is 1. The van der Waals surface area contributed by atoms with E-state index in [2.05, 4.69) is 6.92 Å². The second-order valence-electron chi connectivity index (χ2n) is 4.51. The molecule has 0 aliphatic carbocycles. The van der Waals surface area contributed by atoms with Gasteiger partial charge in [0.1, 0.15) is 6.54 Å². The molecule has 0 bridgehead atoms. The highest BCUT2D eigenvalue weighted by atomic mass is 16.4. The zero-order valence-electron chi connectivity index (χ0n) is 11.6. The van der Waals surface area contributed by atoms with E-state index >= 15 is 0 Å². The molecule has 0 radical (unpaired) electrons. The van der Waals surface area contributed by atoms with Crippen LogP contribution in [0.25, 0.3) is 0 Å². The zero-order valence-corrected chi connectivity index (χ0v) is 11.6. The third kappa shape index (κ3) is 4.73. The first kappa shape index (κ1) is 15.2. The third-order valence-electron chi connectivity index (χ3n) is 3.01. The van der Waals surface area contributed by atoms with Gasteiger partial charge in [-0.15, -0.1) is 0 Å². The van der Waals surface area contributed by atoms with E-state index in [0.29, 0.717) is 12.1 Å². The summed E-state index contributed by atoms with van der Waals surface area (Å²) in [5, 5.41) is 8.76. The van der Waals surface area contributed by atoms with Crippen molar-refractivity contribution in [2.45, 2.75) is 33.1 Å². The topological polar surface area (TPSA) is 57.6 Å². The summed E-state index contributed by atoms with van der Waals surface area (Å²) in [5.41, 5.74) is 1.75. The summed E-state index contributed by atoms with van der Waals surface area (Å²) in [4.78, 5) is 24.1. The highest BCUT2D eigenvalue weighted by Gasteiger charge is 2.16. The molecule has 0 atom stereocenters. The van der Waals surface area contributed by atoms with Crippen molar-refractivity contribution >= 4 is 11.9 Å². The molecule has 104 valence electrons. The number of aliphatic carboxylic acids is 1. The summed E-state index contributed by atoms with van der Waals surface area (Å²) < 4.78 is 0. The smallest absolute Gasteiger partial charge is 0.323 e. The maximum absolute atomic E-state index is 12.1. The van der Waals surface area contributed by atoms with Gasteiger partial charge in [0.2, 0.25) is 0 Å². The lowest BCUT2D eigenvalue weighted by Gasteiger charge is -2.18. The summed E-state index contributed by atoms with van der Waals surface area (Å²) in [5.74, 6) is -1.22. The minimum Gasteiger partial charge on any atom is -0.480 e. The zero-order chi connectivity index (χ0) is 14.3. The van der Waals surface area contributed by atoms with Gasteiger partial charge in [0, 0.05) is 12.1 Å². The fraction of sp³-hybridized carbons (Fsp3) is 0.467. The van der Waals surface area contributed by atoms with Crippen LogP contribution in [0.4, 0.5) is 0 Å². The largest absolute Gasteiger partial charge is 0.480 e. The van der Waals surface area contributed by atoms with Crippen molar-refractivity contribution < 1.29 is 14.7 Å². The predicted octanol–water partition coefficient (Wildman–Crippen LogP) is 2.58. The lowest BCUT2D eigenvalue weighted by Crippen LogP contribution is -2.35. The predicted molar refractivity (Wildman–Crippen MR) is 74.3 cm³/mol. The van der Waals surface area contributed by atoms with E-state index < -0.39 is 5.97 Å². The van der Waals surface area contributed by atoms with Crippen LogP contribution in [-0.4, -0.2) is 35.0 Å². The van der Waals surface area contributed by atoms with Gasteiger partial charge in [-0.1, -0.05) is 25.5 Å². The summed E-state index contributed by atoms with van der Waals surface area (Å²) in [6.45, 7) is 4.05. The molecule has 0 aliphatic heterocycles. The van der Waals surface area contributed by atoms with Crippen molar-refractivity contribution in [2.24, 2.45) is 0 Å². The van der Waals surface area contributed by atoms with Gasteiger partial charge in [-0.05, 0) is 37.5 Å². The van der Waals surface area contributed by atoms with E-state index in [1.807, 2.05) is 12.1 Å². The van der Waals surface area contributed by atoms with Crippen molar-refractivity contribution in [3.63, 3.8) is 0 Å². The van der Waals surface area contributed by atoms with Crippen LogP contribution >= 0.6 is 0 Å². The number of benzene rings is 1. The van der Waals surface area contributed by atoms with E-state index in [-0.39, 0.29) is 12.5 Å². The molecular weight excluding hydrogens is 242 g/mol. The summed E-state index contributed by atoms with van der Waals surface area (Å²) in [6.07, 6.45) is 3.29. The van der Waals surface area contributed by atoms with Crippen molar-refractivity contribution in [1.29, 1.82) is 0 Å². The summed E-state index contributed by atoms with van der Waals surface area (Å²) >= 11 is 0. The maximum atomic E-state index is 12.1. The van der Waals surface area contributed by atoms with Gasteiger partial charge < -0.3 is 10.0 Å². The Kier molecular flexibility index (Phi) is 6.06. The van der Waals surface area contributed by atoms with Crippen molar-refractivity contribution in [3.05, 3.63) is 35.4 Å². The number of carbonyl (C=O) groups excluding carboxylic acids is 1. The maximum Gasteiger partial charge on any atom is 0.323 e. The van der Waals surface area contributed by atoms with Crippen LogP contribution in [0.2, 0.25) is 0 Å². The molecular formula is C15H21NO3. The minimum absolute atomic E-state index is 0.230.